The van der Waals surface area contributed by atoms with Gasteiger partial charge in [-0.25, -0.2) is 14.4 Å². The molecule has 0 fully saturated rings. The van der Waals surface area contributed by atoms with Gasteiger partial charge in [0, 0.05) is 18.1 Å². The Morgan fingerprint density at radius 3 is 2.78 bits per heavy atom. The lowest BCUT2D eigenvalue weighted by Gasteiger charge is -2.07. The van der Waals surface area contributed by atoms with Crippen LogP contribution >= 0.6 is 0 Å². The van der Waals surface area contributed by atoms with E-state index in [1.165, 1.54) is 12.1 Å². The standard InChI is InChI=1S/C12H10FN5/c13-8-1-3-9(4-2-8)16-11-12-15-5-6-18(12)7-10(14)17-11/h1-7H,14H2,(H,16,17). The number of nitrogens with zero attached hydrogens (tertiary/aromatic N) is 3. The summed E-state index contributed by atoms with van der Waals surface area (Å²) in [6.07, 6.45) is 5.12. The number of hydrogen-bond acceptors (Lipinski definition) is 4. The zero-order valence-corrected chi connectivity index (χ0v) is 9.34. The smallest absolute Gasteiger partial charge is 0.180 e. The molecule has 0 aliphatic carbocycles. The van der Waals surface area contributed by atoms with Crippen LogP contribution < -0.4 is 11.1 Å². The van der Waals surface area contributed by atoms with Gasteiger partial charge in [-0.1, -0.05) is 0 Å². The number of nitrogen functional groups attached to an aromatic ring is 1. The molecule has 18 heavy (non-hydrogen) atoms. The maximum absolute atomic E-state index is 12.8. The summed E-state index contributed by atoms with van der Waals surface area (Å²) in [5, 5.41) is 3.06. The summed E-state index contributed by atoms with van der Waals surface area (Å²) < 4.78 is 14.6. The normalized spacial score (nSPS) is 10.7. The fourth-order valence-corrected chi connectivity index (χ4v) is 1.70. The maximum atomic E-state index is 12.8. The number of rotatable bonds is 2. The minimum absolute atomic E-state index is 0.285. The first-order valence-corrected chi connectivity index (χ1v) is 5.34. The molecular weight excluding hydrogens is 233 g/mol. The van der Waals surface area contributed by atoms with Crippen LogP contribution in [0.1, 0.15) is 0 Å². The van der Waals surface area contributed by atoms with Gasteiger partial charge in [0.2, 0.25) is 0 Å². The Balaban J connectivity index is 2.03. The molecule has 90 valence electrons. The van der Waals surface area contributed by atoms with Crippen LogP contribution in [0.15, 0.2) is 42.9 Å². The molecule has 3 N–H and O–H groups in total. The summed E-state index contributed by atoms with van der Waals surface area (Å²) in [7, 11) is 0. The molecule has 0 radical (unpaired) electrons. The Bertz CT molecular complexity index is 689. The van der Waals surface area contributed by atoms with Crippen LogP contribution in [0.5, 0.6) is 0 Å². The van der Waals surface area contributed by atoms with Gasteiger partial charge in [0.1, 0.15) is 11.6 Å². The van der Waals surface area contributed by atoms with Crippen molar-refractivity contribution in [3.05, 3.63) is 48.7 Å². The molecule has 1 aromatic carbocycles. The fraction of sp³-hybridized carbons (Fsp3) is 0. The van der Waals surface area contributed by atoms with Gasteiger partial charge in [0.15, 0.2) is 11.5 Å². The lowest BCUT2D eigenvalue weighted by molar-refractivity contribution is 0.628. The van der Waals surface area contributed by atoms with Crippen molar-refractivity contribution in [1.82, 2.24) is 14.4 Å². The number of hydrogen-bond donors (Lipinski definition) is 2. The van der Waals surface area contributed by atoms with Crippen LogP contribution in [0.3, 0.4) is 0 Å². The van der Waals surface area contributed by atoms with Crippen molar-refractivity contribution in [3.8, 4) is 0 Å². The summed E-state index contributed by atoms with van der Waals surface area (Å²) >= 11 is 0. The SMILES string of the molecule is Nc1cn2ccnc2c(Nc2ccc(F)cc2)n1. The lowest BCUT2D eigenvalue weighted by atomic mass is 10.3. The Hall–Kier alpha value is -2.63. The number of anilines is 3. The van der Waals surface area contributed by atoms with Crippen molar-refractivity contribution in [2.45, 2.75) is 0 Å². The molecule has 0 aliphatic heterocycles. The summed E-state index contributed by atoms with van der Waals surface area (Å²) in [4.78, 5) is 8.36. The van der Waals surface area contributed by atoms with Crippen molar-refractivity contribution in [3.63, 3.8) is 0 Å². The topological polar surface area (TPSA) is 68.2 Å². The second-order valence-electron chi connectivity index (χ2n) is 3.80. The number of nitrogens with one attached hydrogen (secondary N) is 1. The van der Waals surface area contributed by atoms with Crippen molar-refractivity contribution in [2.24, 2.45) is 0 Å². The van der Waals surface area contributed by atoms with E-state index in [0.717, 1.165) is 5.69 Å². The highest BCUT2D eigenvalue weighted by Crippen LogP contribution is 2.20. The first-order valence-electron chi connectivity index (χ1n) is 5.34. The molecule has 0 atom stereocenters. The van der Waals surface area contributed by atoms with E-state index in [-0.39, 0.29) is 5.82 Å². The Morgan fingerprint density at radius 2 is 2.00 bits per heavy atom. The molecule has 2 aromatic heterocycles. The van der Waals surface area contributed by atoms with E-state index < -0.39 is 0 Å². The third-order valence-electron chi connectivity index (χ3n) is 2.50. The zero-order valence-electron chi connectivity index (χ0n) is 9.34. The van der Waals surface area contributed by atoms with E-state index in [0.29, 0.717) is 17.3 Å². The fourth-order valence-electron chi connectivity index (χ4n) is 1.70. The Morgan fingerprint density at radius 1 is 1.22 bits per heavy atom. The highest BCUT2D eigenvalue weighted by Gasteiger charge is 2.06. The monoisotopic (exact) mass is 243 g/mol. The van der Waals surface area contributed by atoms with E-state index in [2.05, 4.69) is 15.3 Å². The molecule has 0 saturated carbocycles. The van der Waals surface area contributed by atoms with Crippen LogP contribution in [-0.4, -0.2) is 14.4 Å². The molecule has 0 bridgehead atoms. The number of imidazole rings is 1. The van der Waals surface area contributed by atoms with Gasteiger partial charge in [0.05, 0.1) is 6.20 Å². The molecule has 0 amide bonds. The van der Waals surface area contributed by atoms with Gasteiger partial charge in [0.25, 0.3) is 0 Å². The van der Waals surface area contributed by atoms with Crippen molar-refractivity contribution >= 4 is 23.0 Å². The molecule has 0 unspecified atom stereocenters. The van der Waals surface area contributed by atoms with Crippen LogP contribution in [0, 0.1) is 5.82 Å². The molecule has 3 aromatic rings. The first kappa shape index (κ1) is 10.5. The quantitative estimate of drug-likeness (QED) is 0.724. The Labute approximate surface area is 102 Å². The number of aromatic nitrogens is 3. The minimum atomic E-state index is -0.285. The van der Waals surface area contributed by atoms with E-state index in [9.17, 15) is 4.39 Å². The van der Waals surface area contributed by atoms with E-state index >= 15 is 0 Å². The molecule has 6 heteroatoms. The summed E-state index contributed by atoms with van der Waals surface area (Å²) in [5.41, 5.74) is 7.08. The number of halogens is 1. The largest absolute Gasteiger partial charge is 0.382 e. The molecular formula is C12H10FN5. The predicted octanol–water partition coefficient (Wildman–Crippen LogP) is 2.19. The highest BCUT2D eigenvalue weighted by molar-refractivity contribution is 5.71. The summed E-state index contributed by atoms with van der Waals surface area (Å²) in [6, 6.07) is 5.99. The van der Waals surface area contributed by atoms with E-state index in [1.807, 2.05) is 0 Å². The average Bonchev–Trinajstić information content (AvgIpc) is 2.80. The molecule has 0 spiro atoms. The third-order valence-corrected chi connectivity index (χ3v) is 2.50. The molecule has 3 rings (SSSR count). The van der Waals surface area contributed by atoms with Crippen molar-refractivity contribution < 1.29 is 4.39 Å². The Kier molecular flexibility index (Phi) is 2.33. The van der Waals surface area contributed by atoms with Crippen LogP contribution in [-0.2, 0) is 0 Å². The van der Waals surface area contributed by atoms with Crippen LogP contribution in [0.2, 0.25) is 0 Å². The van der Waals surface area contributed by atoms with Crippen molar-refractivity contribution in [1.29, 1.82) is 0 Å². The maximum Gasteiger partial charge on any atom is 0.180 e. The van der Waals surface area contributed by atoms with Gasteiger partial charge >= 0.3 is 0 Å². The molecule has 0 saturated heterocycles. The van der Waals surface area contributed by atoms with Crippen LogP contribution in [0.25, 0.3) is 5.65 Å². The van der Waals surface area contributed by atoms with Crippen molar-refractivity contribution in [2.75, 3.05) is 11.1 Å². The molecule has 0 aliphatic rings. The van der Waals surface area contributed by atoms with E-state index in [1.54, 1.807) is 35.1 Å². The summed E-state index contributed by atoms with van der Waals surface area (Å²) in [5.74, 6) is 0.628. The second-order valence-corrected chi connectivity index (χ2v) is 3.80. The predicted molar refractivity (Wildman–Crippen MR) is 67.1 cm³/mol. The molecule has 2 heterocycles. The van der Waals surface area contributed by atoms with Gasteiger partial charge < -0.3 is 15.5 Å². The minimum Gasteiger partial charge on any atom is -0.382 e. The lowest BCUT2D eigenvalue weighted by Crippen LogP contribution is -2.01. The number of fused-ring (bicyclic) bond motifs is 1. The van der Waals surface area contributed by atoms with Gasteiger partial charge in [-0.05, 0) is 24.3 Å². The third kappa shape index (κ3) is 1.84. The highest BCUT2D eigenvalue weighted by atomic mass is 19.1. The summed E-state index contributed by atoms with van der Waals surface area (Å²) in [6.45, 7) is 0. The van der Waals surface area contributed by atoms with E-state index in [4.69, 9.17) is 5.73 Å². The van der Waals surface area contributed by atoms with Gasteiger partial charge in [-0.2, -0.15) is 0 Å². The first-order chi connectivity index (χ1) is 8.72. The number of benzene rings is 1. The van der Waals surface area contributed by atoms with Crippen LogP contribution in [0.4, 0.5) is 21.7 Å². The second kappa shape index (κ2) is 3.99. The van der Waals surface area contributed by atoms with Gasteiger partial charge in [-0.3, -0.25) is 0 Å². The van der Waals surface area contributed by atoms with Gasteiger partial charge in [-0.15, -0.1) is 0 Å². The average molecular weight is 243 g/mol. The molecule has 5 nitrogen and oxygen atoms in total. The zero-order chi connectivity index (χ0) is 12.5. The number of nitrogens with two attached hydrogens (primary N) is 1.